The van der Waals surface area contributed by atoms with Crippen LogP contribution in [-0.4, -0.2) is 10.0 Å². The summed E-state index contributed by atoms with van der Waals surface area (Å²) in [7, 11) is 0. The Labute approximate surface area is 134 Å². The highest BCUT2D eigenvalue weighted by atomic mass is 32.1. The average Bonchev–Trinajstić information content (AvgIpc) is 2.47. The third-order valence-corrected chi connectivity index (χ3v) is 3.03. The van der Waals surface area contributed by atoms with Gasteiger partial charge in [-0.05, 0) is 30.4 Å². The monoisotopic (exact) mass is 341 g/mol. The zero-order chi connectivity index (χ0) is 17.0. The number of thiocarbonyl (C=S) groups is 1. The maximum Gasteiger partial charge on any atom is 0.418 e. The summed E-state index contributed by atoms with van der Waals surface area (Å²) in [6.07, 6.45) is -4.54. The maximum atomic E-state index is 12.9. The summed E-state index contributed by atoms with van der Waals surface area (Å²) < 4.78 is 38.7. The number of hydrogen-bond acceptors (Lipinski definition) is 3. The van der Waals surface area contributed by atoms with E-state index in [9.17, 15) is 23.3 Å². The van der Waals surface area contributed by atoms with Gasteiger partial charge in [0.15, 0.2) is 5.11 Å². The molecule has 5 nitrogen and oxygen atoms in total. The Morgan fingerprint density at radius 3 is 2.13 bits per heavy atom. The van der Waals surface area contributed by atoms with Gasteiger partial charge in [0.2, 0.25) is 0 Å². The molecule has 2 N–H and O–H groups in total. The molecule has 0 aliphatic carbocycles. The van der Waals surface area contributed by atoms with Gasteiger partial charge in [-0.25, -0.2) is 0 Å². The lowest BCUT2D eigenvalue weighted by Crippen LogP contribution is -2.22. The Hall–Kier alpha value is -2.68. The van der Waals surface area contributed by atoms with Crippen LogP contribution in [0.5, 0.6) is 0 Å². The number of rotatable bonds is 3. The van der Waals surface area contributed by atoms with Crippen molar-refractivity contribution in [1.29, 1.82) is 0 Å². The second kappa shape index (κ2) is 6.61. The summed E-state index contributed by atoms with van der Waals surface area (Å²) in [6, 6.07) is 10.5. The molecule has 0 fully saturated rings. The van der Waals surface area contributed by atoms with Crippen LogP contribution in [-0.2, 0) is 6.18 Å². The van der Waals surface area contributed by atoms with Crippen LogP contribution in [0.3, 0.4) is 0 Å². The minimum Gasteiger partial charge on any atom is -0.332 e. The van der Waals surface area contributed by atoms with Crippen molar-refractivity contribution in [2.75, 3.05) is 10.6 Å². The van der Waals surface area contributed by atoms with E-state index in [-0.39, 0.29) is 22.2 Å². The molecule has 0 heterocycles. The minimum absolute atomic E-state index is 0.0829. The summed E-state index contributed by atoms with van der Waals surface area (Å²) in [5, 5.41) is 15.7. The van der Waals surface area contributed by atoms with E-state index < -0.39 is 16.7 Å². The molecule has 0 aromatic heterocycles. The Kier molecular flexibility index (Phi) is 4.80. The fourth-order valence-corrected chi connectivity index (χ4v) is 2.07. The third-order valence-electron chi connectivity index (χ3n) is 2.83. The van der Waals surface area contributed by atoms with E-state index in [1.165, 1.54) is 36.4 Å². The highest BCUT2D eigenvalue weighted by Crippen LogP contribution is 2.34. The molecule has 23 heavy (non-hydrogen) atoms. The first-order valence-corrected chi connectivity index (χ1v) is 6.67. The molecule has 0 spiro atoms. The van der Waals surface area contributed by atoms with E-state index in [1.54, 1.807) is 6.07 Å². The molecule has 0 atom stereocenters. The van der Waals surface area contributed by atoms with Crippen LogP contribution in [0, 0.1) is 10.1 Å². The molecule has 2 aromatic carbocycles. The number of hydrogen-bond donors (Lipinski definition) is 2. The van der Waals surface area contributed by atoms with E-state index in [0.717, 1.165) is 6.07 Å². The number of nitro groups is 1. The summed E-state index contributed by atoms with van der Waals surface area (Å²) >= 11 is 4.93. The zero-order valence-electron chi connectivity index (χ0n) is 11.4. The molecule has 120 valence electrons. The van der Waals surface area contributed by atoms with E-state index in [4.69, 9.17) is 12.2 Å². The summed E-state index contributed by atoms with van der Waals surface area (Å²) in [5.74, 6) is 0. The van der Waals surface area contributed by atoms with Crippen LogP contribution in [0.25, 0.3) is 0 Å². The maximum absolute atomic E-state index is 12.9. The molecule has 0 radical (unpaired) electrons. The summed E-state index contributed by atoms with van der Waals surface area (Å²) in [4.78, 5) is 10.3. The number of nitro benzene ring substituents is 1. The molecule has 9 heteroatoms. The second-order valence-corrected chi connectivity index (χ2v) is 4.80. The first kappa shape index (κ1) is 16.7. The Morgan fingerprint density at radius 2 is 1.52 bits per heavy atom. The predicted molar refractivity (Wildman–Crippen MR) is 84.4 cm³/mol. The smallest absolute Gasteiger partial charge is 0.332 e. The van der Waals surface area contributed by atoms with Crippen molar-refractivity contribution in [2.24, 2.45) is 0 Å². The van der Waals surface area contributed by atoms with Gasteiger partial charge in [0.05, 0.1) is 16.2 Å². The first-order valence-electron chi connectivity index (χ1n) is 6.26. The molecular formula is C14H10F3N3O2S. The zero-order valence-corrected chi connectivity index (χ0v) is 12.2. The molecule has 2 rings (SSSR count). The standard InChI is InChI=1S/C14H10F3N3O2S/c15-14(16,17)9-5-1-2-6-10(9)18-13(23)19-11-7-3-4-8-12(11)20(21)22/h1-8H,(H2,18,19,23). The van der Waals surface area contributed by atoms with Crippen molar-refractivity contribution in [3.8, 4) is 0 Å². The van der Waals surface area contributed by atoms with E-state index >= 15 is 0 Å². The van der Waals surface area contributed by atoms with Gasteiger partial charge in [-0.1, -0.05) is 24.3 Å². The molecule has 0 aliphatic rings. The fourth-order valence-electron chi connectivity index (χ4n) is 1.85. The van der Waals surface area contributed by atoms with Crippen LogP contribution in [0.4, 0.5) is 30.2 Å². The van der Waals surface area contributed by atoms with Crippen LogP contribution in [0.15, 0.2) is 48.5 Å². The van der Waals surface area contributed by atoms with Crippen LogP contribution in [0.2, 0.25) is 0 Å². The van der Waals surface area contributed by atoms with Crippen LogP contribution in [0.1, 0.15) is 5.56 Å². The Bertz CT molecular complexity index is 750. The van der Waals surface area contributed by atoms with Gasteiger partial charge < -0.3 is 10.6 Å². The normalized spacial score (nSPS) is 10.9. The molecule has 0 saturated carbocycles. The molecule has 2 aromatic rings. The minimum atomic E-state index is -4.54. The van der Waals surface area contributed by atoms with E-state index in [0.29, 0.717) is 0 Å². The predicted octanol–water partition coefficient (Wildman–Crippen LogP) is 4.42. The van der Waals surface area contributed by atoms with E-state index in [2.05, 4.69) is 10.6 Å². The number of benzene rings is 2. The van der Waals surface area contributed by atoms with Gasteiger partial charge in [0.25, 0.3) is 5.69 Å². The molecule has 0 aliphatic heterocycles. The van der Waals surface area contributed by atoms with Crippen molar-refractivity contribution in [3.63, 3.8) is 0 Å². The Morgan fingerprint density at radius 1 is 1.00 bits per heavy atom. The van der Waals surface area contributed by atoms with Crippen molar-refractivity contribution < 1.29 is 18.1 Å². The summed E-state index contributed by atoms with van der Waals surface area (Å²) in [6.45, 7) is 0. The van der Waals surface area contributed by atoms with Gasteiger partial charge >= 0.3 is 6.18 Å². The van der Waals surface area contributed by atoms with E-state index in [1.807, 2.05) is 0 Å². The van der Waals surface area contributed by atoms with Crippen LogP contribution < -0.4 is 10.6 Å². The summed E-state index contributed by atoms with van der Waals surface area (Å²) in [5.41, 5.74) is -1.27. The van der Waals surface area contributed by atoms with Gasteiger partial charge in [-0.15, -0.1) is 0 Å². The van der Waals surface area contributed by atoms with Crippen molar-refractivity contribution in [3.05, 3.63) is 64.2 Å². The van der Waals surface area contributed by atoms with Gasteiger partial charge in [-0.2, -0.15) is 13.2 Å². The van der Waals surface area contributed by atoms with Crippen LogP contribution >= 0.6 is 12.2 Å². The highest BCUT2D eigenvalue weighted by molar-refractivity contribution is 7.80. The highest BCUT2D eigenvalue weighted by Gasteiger charge is 2.33. The van der Waals surface area contributed by atoms with Crippen molar-refractivity contribution in [1.82, 2.24) is 0 Å². The molecular weight excluding hydrogens is 331 g/mol. The molecule has 0 saturated heterocycles. The van der Waals surface area contributed by atoms with Crippen molar-refractivity contribution >= 4 is 34.4 Å². The number of halogens is 3. The third kappa shape index (κ3) is 4.16. The second-order valence-electron chi connectivity index (χ2n) is 4.40. The SMILES string of the molecule is O=[N+]([O-])c1ccccc1NC(=S)Nc1ccccc1C(F)(F)F. The Balaban J connectivity index is 2.20. The fraction of sp³-hybridized carbons (Fsp3) is 0.0714. The number of nitrogens with zero attached hydrogens (tertiary/aromatic N) is 1. The van der Waals surface area contributed by atoms with Gasteiger partial charge in [0.1, 0.15) is 5.69 Å². The molecule has 0 bridgehead atoms. The largest absolute Gasteiger partial charge is 0.418 e. The average molecular weight is 341 g/mol. The number of para-hydroxylation sites is 3. The lowest BCUT2D eigenvalue weighted by molar-refractivity contribution is -0.383. The van der Waals surface area contributed by atoms with Crippen molar-refractivity contribution in [2.45, 2.75) is 6.18 Å². The first-order chi connectivity index (χ1) is 10.8. The van der Waals surface area contributed by atoms with Gasteiger partial charge in [-0.3, -0.25) is 10.1 Å². The topological polar surface area (TPSA) is 67.2 Å². The molecule has 0 unspecified atom stereocenters. The number of nitrogens with one attached hydrogen (secondary N) is 2. The quantitative estimate of drug-likeness (QED) is 0.491. The number of alkyl halides is 3. The van der Waals surface area contributed by atoms with Gasteiger partial charge in [0, 0.05) is 6.07 Å². The lowest BCUT2D eigenvalue weighted by Gasteiger charge is -2.15. The molecule has 0 amide bonds. The lowest BCUT2D eigenvalue weighted by atomic mass is 10.1. The number of anilines is 2.